The molecular weight excluding hydrogens is 446 g/mol. The summed E-state index contributed by atoms with van der Waals surface area (Å²) in [5.74, 6) is -0.721. The van der Waals surface area contributed by atoms with Gasteiger partial charge in [0.25, 0.3) is 31.8 Å². The number of amides is 1. The van der Waals surface area contributed by atoms with Gasteiger partial charge in [-0.15, -0.1) is 0 Å². The fourth-order valence-corrected chi connectivity index (χ4v) is 3.06. The summed E-state index contributed by atoms with van der Waals surface area (Å²) >= 11 is 0. The van der Waals surface area contributed by atoms with Crippen LogP contribution in [0.2, 0.25) is 0 Å². The molecule has 0 spiro atoms. The lowest BCUT2D eigenvalue weighted by molar-refractivity contribution is -0.384. The normalized spacial score (nSPS) is 11.8. The molecule has 0 heterocycles. The van der Waals surface area contributed by atoms with E-state index < -0.39 is 31.1 Å². The Hall–Kier alpha value is -2.33. The fourth-order valence-electron chi connectivity index (χ4n) is 2.31. The van der Waals surface area contributed by atoms with Crippen LogP contribution in [0.3, 0.4) is 0 Å². The molecule has 13 nitrogen and oxygen atoms in total. The largest absolute Gasteiger partial charge is 0.395 e. The van der Waals surface area contributed by atoms with Crippen molar-refractivity contribution in [2.24, 2.45) is 0 Å². The number of anilines is 1. The number of aliphatic hydroxyl groups is 1. The molecule has 0 aromatic heterocycles. The highest BCUT2D eigenvalue weighted by atomic mass is 32.2. The summed E-state index contributed by atoms with van der Waals surface area (Å²) in [6.45, 7) is -1.31. The number of rotatable bonds is 13. The number of hydrogen-bond donors (Lipinski definition) is 2. The lowest BCUT2D eigenvalue weighted by Gasteiger charge is -2.26. The summed E-state index contributed by atoms with van der Waals surface area (Å²) < 4.78 is 54.2. The number of carbonyl (C=O) groups is 1. The second-order valence-electron chi connectivity index (χ2n) is 5.98. The molecule has 15 heteroatoms. The van der Waals surface area contributed by atoms with Crippen LogP contribution in [0.5, 0.6) is 0 Å². The van der Waals surface area contributed by atoms with Crippen molar-refractivity contribution >= 4 is 37.5 Å². The molecular formula is C15H23N3O10S2. The molecule has 0 saturated carbocycles. The maximum Gasteiger partial charge on any atom is 0.270 e. The third-order valence-electron chi connectivity index (χ3n) is 3.49. The van der Waals surface area contributed by atoms with Gasteiger partial charge in [0.05, 0.1) is 48.5 Å². The summed E-state index contributed by atoms with van der Waals surface area (Å²) in [7, 11) is -7.50. The zero-order valence-corrected chi connectivity index (χ0v) is 17.9. The number of nitrogens with zero attached hydrogens (tertiary/aromatic N) is 2. The first-order valence-corrected chi connectivity index (χ1v) is 12.1. The predicted molar refractivity (Wildman–Crippen MR) is 106 cm³/mol. The van der Waals surface area contributed by atoms with Gasteiger partial charge in [0, 0.05) is 31.8 Å². The first-order chi connectivity index (χ1) is 13.8. The van der Waals surface area contributed by atoms with Gasteiger partial charge in [0.15, 0.2) is 0 Å². The smallest absolute Gasteiger partial charge is 0.270 e. The number of benzene rings is 1. The summed E-state index contributed by atoms with van der Waals surface area (Å²) in [6, 6.07) is 3.43. The molecule has 0 bridgehead atoms. The van der Waals surface area contributed by atoms with E-state index in [1.54, 1.807) is 0 Å². The SMILES string of the molecule is CS(=O)(=O)OCCN(CCOS(C)(=O)=O)c1ccc([N+](=O)[O-])cc1C(=O)NCCO. The van der Waals surface area contributed by atoms with Crippen molar-refractivity contribution in [1.29, 1.82) is 0 Å². The van der Waals surface area contributed by atoms with Crippen LogP contribution >= 0.6 is 0 Å². The summed E-state index contributed by atoms with van der Waals surface area (Å²) in [4.78, 5) is 24.2. The number of aliphatic hydroxyl groups excluding tert-OH is 1. The fraction of sp³-hybridized carbons (Fsp3) is 0.533. The Labute approximate surface area is 174 Å². The van der Waals surface area contributed by atoms with Crippen molar-refractivity contribution in [3.8, 4) is 0 Å². The van der Waals surface area contributed by atoms with Crippen molar-refractivity contribution in [1.82, 2.24) is 5.32 Å². The van der Waals surface area contributed by atoms with Crippen LogP contribution in [0.25, 0.3) is 0 Å². The quantitative estimate of drug-likeness (QED) is 0.207. The van der Waals surface area contributed by atoms with E-state index in [0.717, 1.165) is 24.6 Å². The molecule has 0 fully saturated rings. The van der Waals surface area contributed by atoms with Gasteiger partial charge in [0.1, 0.15) is 0 Å². The summed E-state index contributed by atoms with van der Waals surface area (Å²) in [5.41, 5.74) is -0.339. The van der Waals surface area contributed by atoms with Crippen LogP contribution < -0.4 is 10.2 Å². The van der Waals surface area contributed by atoms with Gasteiger partial charge in [0.2, 0.25) is 0 Å². The Bertz CT molecular complexity index is 925. The molecule has 2 N–H and O–H groups in total. The lowest BCUT2D eigenvalue weighted by Crippen LogP contribution is -2.35. The van der Waals surface area contributed by atoms with E-state index in [4.69, 9.17) is 5.11 Å². The number of non-ortho nitro benzene ring substituents is 1. The maximum atomic E-state index is 12.4. The summed E-state index contributed by atoms with van der Waals surface area (Å²) in [5, 5.41) is 22.3. The van der Waals surface area contributed by atoms with Gasteiger partial charge in [-0.2, -0.15) is 16.8 Å². The number of nitro benzene ring substituents is 1. The van der Waals surface area contributed by atoms with Crippen LogP contribution in [0.4, 0.5) is 11.4 Å². The van der Waals surface area contributed by atoms with E-state index in [9.17, 15) is 31.7 Å². The van der Waals surface area contributed by atoms with Crippen molar-refractivity contribution < 1.29 is 40.0 Å². The highest BCUT2D eigenvalue weighted by Crippen LogP contribution is 2.26. The highest BCUT2D eigenvalue weighted by molar-refractivity contribution is 7.86. The number of nitro groups is 1. The van der Waals surface area contributed by atoms with E-state index in [0.29, 0.717) is 0 Å². The van der Waals surface area contributed by atoms with E-state index in [2.05, 4.69) is 13.7 Å². The minimum absolute atomic E-state index is 0.0989. The molecule has 0 aliphatic heterocycles. The number of carbonyl (C=O) groups excluding carboxylic acids is 1. The molecule has 0 aliphatic carbocycles. The van der Waals surface area contributed by atoms with E-state index >= 15 is 0 Å². The van der Waals surface area contributed by atoms with Crippen molar-refractivity contribution in [3.63, 3.8) is 0 Å². The Morgan fingerprint density at radius 3 is 2.10 bits per heavy atom. The number of hydrogen-bond acceptors (Lipinski definition) is 11. The van der Waals surface area contributed by atoms with Crippen LogP contribution in [-0.2, 0) is 28.6 Å². The second-order valence-corrected chi connectivity index (χ2v) is 9.27. The first kappa shape index (κ1) is 25.7. The molecule has 0 saturated heterocycles. The molecule has 1 aromatic rings. The molecule has 0 atom stereocenters. The third kappa shape index (κ3) is 9.45. The molecule has 30 heavy (non-hydrogen) atoms. The van der Waals surface area contributed by atoms with E-state index in [1.165, 1.54) is 11.0 Å². The van der Waals surface area contributed by atoms with Gasteiger partial charge in [-0.25, -0.2) is 0 Å². The van der Waals surface area contributed by atoms with Crippen molar-refractivity contribution in [2.75, 3.05) is 56.9 Å². The van der Waals surface area contributed by atoms with Gasteiger partial charge < -0.3 is 15.3 Å². The lowest BCUT2D eigenvalue weighted by atomic mass is 10.1. The molecule has 0 aliphatic rings. The maximum absolute atomic E-state index is 12.4. The van der Waals surface area contributed by atoms with Crippen molar-refractivity contribution in [3.05, 3.63) is 33.9 Å². The highest BCUT2D eigenvalue weighted by Gasteiger charge is 2.21. The first-order valence-electron chi connectivity index (χ1n) is 8.45. The topological polar surface area (TPSA) is 182 Å². The van der Waals surface area contributed by atoms with Crippen molar-refractivity contribution in [2.45, 2.75) is 0 Å². The predicted octanol–water partition coefficient (Wildman–Crippen LogP) is -0.924. The van der Waals surface area contributed by atoms with E-state index in [1.807, 2.05) is 0 Å². The molecule has 1 rings (SSSR count). The molecule has 0 radical (unpaired) electrons. The Kier molecular flexibility index (Phi) is 9.57. The van der Waals surface area contributed by atoms with Crippen LogP contribution in [0, 0.1) is 10.1 Å². The molecule has 0 unspecified atom stereocenters. The van der Waals surface area contributed by atoms with Crippen LogP contribution in [-0.4, -0.2) is 84.7 Å². The standard InChI is InChI=1S/C15H23N3O10S2/c1-29(23,24)27-9-6-17(7-10-28-30(2,25)26)14-4-3-12(18(21)22)11-13(14)15(20)16-5-8-19/h3-4,11,19H,5-10H2,1-2H3,(H,16,20). The van der Waals surface area contributed by atoms with Gasteiger partial charge in [-0.1, -0.05) is 0 Å². The van der Waals surface area contributed by atoms with Crippen LogP contribution in [0.1, 0.15) is 10.4 Å². The van der Waals surface area contributed by atoms with Gasteiger partial charge in [-0.3, -0.25) is 23.3 Å². The monoisotopic (exact) mass is 469 g/mol. The average Bonchev–Trinajstić information content (AvgIpc) is 2.62. The minimum atomic E-state index is -3.75. The molecule has 1 amide bonds. The third-order valence-corrected chi connectivity index (χ3v) is 4.68. The zero-order valence-electron chi connectivity index (χ0n) is 16.3. The van der Waals surface area contributed by atoms with Gasteiger partial charge in [-0.05, 0) is 6.07 Å². The van der Waals surface area contributed by atoms with E-state index in [-0.39, 0.29) is 56.4 Å². The number of nitrogens with one attached hydrogen (secondary N) is 1. The second kappa shape index (κ2) is 11.2. The average molecular weight is 469 g/mol. The summed E-state index contributed by atoms with van der Waals surface area (Å²) in [6.07, 6.45) is 1.70. The van der Waals surface area contributed by atoms with Crippen LogP contribution in [0.15, 0.2) is 18.2 Å². The minimum Gasteiger partial charge on any atom is -0.395 e. The Morgan fingerprint density at radius 1 is 1.13 bits per heavy atom. The zero-order chi connectivity index (χ0) is 22.9. The molecule has 170 valence electrons. The molecule has 1 aromatic carbocycles. The van der Waals surface area contributed by atoms with Gasteiger partial charge >= 0.3 is 0 Å². The Morgan fingerprint density at radius 2 is 1.67 bits per heavy atom. The Balaban J connectivity index is 3.25.